The molecule has 1 aromatic carbocycles. The average Bonchev–Trinajstić information content (AvgIpc) is 3.20. The minimum atomic E-state index is -3.55. The molecule has 2 amide bonds. The van der Waals surface area contributed by atoms with Crippen LogP contribution >= 0.6 is 11.3 Å². The molecule has 34 heavy (non-hydrogen) atoms. The van der Waals surface area contributed by atoms with Crippen molar-refractivity contribution in [2.75, 3.05) is 45.6 Å². The van der Waals surface area contributed by atoms with Crippen LogP contribution in [0.15, 0.2) is 29.2 Å². The minimum absolute atomic E-state index is 0.124. The van der Waals surface area contributed by atoms with Gasteiger partial charge in [-0.15, -0.1) is 11.3 Å². The summed E-state index contributed by atoms with van der Waals surface area (Å²) in [5.74, 6) is -0.485. The second-order valence-corrected chi connectivity index (χ2v) is 12.0. The fourth-order valence-corrected chi connectivity index (χ4v) is 7.27. The molecule has 0 unspecified atom stereocenters. The first-order valence-electron chi connectivity index (χ1n) is 11.7. The van der Waals surface area contributed by atoms with Gasteiger partial charge in [-0.3, -0.25) is 14.5 Å². The van der Waals surface area contributed by atoms with Crippen LogP contribution in [-0.4, -0.2) is 74.6 Å². The molecule has 0 atom stereocenters. The molecule has 0 radical (unpaired) electrons. The quantitative estimate of drug-likeness (QED) is 0.652. The molecule has 0 spiro atoms. The van der Waals surface area contributed by atoms with Crippen LogP contribution in [0.3, 0.4) is 0 Å². The molecule has 2 aliphatic rings. The Labute approximate surface area is 205 Å². The van der Waals surface area contributed by atoms with Gasteiger partial charge >= 0.3 is 0 Å². The predicted molar refractivity (Wildman–Crippen MR) is 134 cm³/mol. The summed E-state index contributed by atoms with van der Waals surface area (Å²) < 4.78 is 27.3. The van der Waals surface area contributed by atoms with Gasteiger partial charge in [-0.2, -0.15) is 4.31 Å². The third-order valence-corrected chi connectivity index (χ3v) is 9.54. The number of piperidine rings is 1. The van der Waals surface area contributed by atoms with Gasteiger partial charge in [0.2, 0.25) is 10.0 Å². The molecule has 0 bridgehead atoms. The lowest BCUT2D eigenvalue weighted by Crippen LogP contribution is -2.35. The number of likely N-dealkylation sites (N-methyl/N-ethyl adjacent to an activating group) is 1. The monoisotopic (exact) mass is 504 g/mol. The number of nitrogens with one attached hydrogen (secondary N) is 1. The number of nitrogens with zero attached hydrogens (tertiary/aromatic N) is 3. The van der Waals surface area contributed by atoms with E-state index in [1.54, 1.807) is 14.1 Å². The Morgan fingerprint density at radius 1 is 1.06 bits per heavy atom. The molecular formula is C24H32N4O4S2. The number of anilines is 1. The van der Waals surface area contributed by atoms with Crippen LogP contribution in [0.1, 0.15) is 57.3 Å². The number of thiophene rings is 1. The zero-order valence-electron chi connectivity index (χ0n) is 20.0. The third-order valence-electron chi connectivity index (χ3n) is 6.50. The van der Waals surface area contributed by atoms with Crippen molar-refractivity contribution in [3.63, 3.8) is 0 Å². The summed E-state index contributed by atoms with van der Waals surface area (Å²) in [5.41, 5.74) is 1.94. The topological polar surface area (TPSA) is 90.0 Å². The third kappa shape index (κ3) is 4.91. The lowest BCUT2D eigenvalue weighted by Gasteiger charge is -2.25. The number of carbonyl (C=O) groups is 2. The molecule has 1 N–H and O–H groups in total. The van der Waals surface area contributed by atoms with Crippen LogP contribution in [0.2, 0.25) is 0 Å². The fourth-order valence-electron chi connectivity index (χ4n) is 4.47. The molecule has 10 heteroatoms. The van der Waals surface area contributed by atoms with Gasteiger partial charge in [-0.25, -0.2) is 8.42 Å². The maximum absolute atomic E-state index is 13.1. The van der Waals surface area contributed by atoms with Crippen molar-refractivity contribution in [3.05, 3.63) is 45.8 Å². The summed E-state index contributed by atoms with van der Waals surface area (Å²) in [5, 5.41) is 3.48. The second-order valence-electron chi connectivity index (χ2n) is 8.97. The number of hydrogen-bond donors (Lipinski definition) is 1. The van der Waals surface area contributed by atoms with E-state index in [0.717, 1.165) is 55.8 Å². The zero-order valence-corrected chi connectivity index (χ0v) is 21.6. The van der Waals surface area contributed by atoms with Gasteiger partial charge in [0.1, 0.15) is 5.00 Å². The number of benzene rings is 1. The highest BCUT2D eigenvalue weighted by atomic mass is 32.2. The smallest absolute Gasteiger partial charge is 0.256 e. The van der Waals surface area contributed by atoms with Gasteiger partial charge < -0.3 is 10.2 Å². The number of amides is 2. The van der Waals surface area contributed by atoms with E-state index in [-0.39, 0.29) is 16.7 Å². The van der Waals surface area contributed by atoms with Gasteiger partial charge in [0.15, 0.2) is 0 Å². The van der Waals surface area contributed by atoms with E-state index in [4.69, 9.17) is 0 Å². The molecular weight excluding hydrogens is 472 g/mol. The van der Waals surface area contributed by atoms with Crippen LogP contribution in [-0.2, 0) is 23.0 Å². The van der Waals surface area contributed by atoms with Crippen molar-refractivity contribution in [2.24, 2.45) is 0 Å². The van der Waals surface area contributed by atoms with Crippen molar-refractivity contribution in [1.82, 2.24) is 14.1 Å². The van der Waals surface area contributed by atoms with E-state index >= 15 is 0 Å². The molecule has 184 valence electrons. The summed E-state index contributed by atoms with van der Waals surface area (Å²) in [6, 6.07) is 6.05. The van der Waals surface area contributed by atoms with E-state index in [1.165, 1.54) is 44.8 Å². The lowest BCUT2D eigenvalue weighted by molar-refractivity contribution is 0.0827. The SMILES string of the molecule is CCN1CCc2c(sc(NC(=O)c3ccc(S(=O)(=O)N4CCCCC4)cc3)c2C(=O)N(C)C)C1. The molecule has 2 aliphatic heterocycles. The van der Waals surface area contributed by atoms with Gasteiger partial charge in [-0.1, -0.05) is 13.3 Å². The zero-order chi connectivity index (χ0) is 24.5. The standard InChI is InChI=1S/C24H32N4O4S2/c1-4-27-15-12-19-20(16-27)33-23(21(19)24(30)26(2)3)25-22(29)17-8-10-18(11-9-17)34(31,32)28-13-6-5-7-14-28/h8-11H,4-7,12-16H2,1-3H3,(H,25,29). The summed E-state index contributed by atoms with van der Waals surface area (Å²) in [6.07, 6.45) is 3.56. The Morgan fingerprint density at radius 3 is 2.35 bits per heavy atom. The molecule has 0 saturated carbocycles. The molecule has 1 saturated heterocycles. The van der Waals surface area contributed by atoms with Crippen LogP contribution in [0.25, 0.3) is 0 Å². The summed E-state index contributed by atoms with van der Waals surface area (Å²) in [6.45, 7) is 5.76. The Morgan fingerprint density at radius 2 is 1.74 bits per heavy atom. The molecule has 1 aromatic heterocycles. The van der Waals surface area contributed by atoms with Crippen LogP contribution in [0.5, 0.6) is 0 Å². The summed E-state index contributed by atoms with van der Waals surface area (Å²) in [7, 11) is -0.134. The Balaban J connectivity index is 1.57. The normalized spacial score (nSPS) is 17.3. The van der Waals surface area contributed by atoms with Crippen LogP contribution in [0.4, 0.5) is 5.00 Å². The lowest BCUT2D eigenvalue weighted by atomic mass is 10.0. The number of fused-ring (bicyclic) bond motifs is 1. The minimum Gasteiger partial charge on any atom is -0.345 e. The van der Waals surface area contributed by atoms with E-state index in [0.29, 0.717) is 29.2 Å². The first-order chi connectivity index (χ1) is 16.2. The van der Waals surface area contributed by atoms with E-state index in [2.05, 4.69) is 17.1 Å². The summed E-state index contributed by atoms with van der Waals surface area (Å²) >= 11 is 1.45. The highest BCUT2D eigenvalue weighted by molar-refractivity contribution is 7.89. The van der Waals surface area contributed by atoms with Crippen molar-refractivity contribution < 1.29 is 18.0 Å². The van der Waals surface area contributed by atoms with E-state index in [1.807, 2.05) is 0 Å². The summed E-state index contributed by atoms with van der Waals surface area (Å²) in [4.78, 5) is 31.2. The van der Waals surface area contributed by atoms with E-state index in [9.17, 15) is 18.0 Å². The maximum Gasteiger partial charge on any atom is 0.256 e. The maximum atomic E-state index is 13.1. The highest BCUT2D eigenvalue weighted by Gasteiger charge is 2.30. The average molecular weight is 505 g/mol. The van der Waals surface area contributed by atoms with Gasteiger partial charge in [0.25, 0.3) is 11.8 Å². The van der Waals surface area contributed by atoms with Crippen LogP contribution < -0.4 is 5.32 Å². The van der Waals surface area contributed by atoms with Crippen molar-refractivity contribution >= 4 is 38.2 Å². The first kappa shape index (κ1) is 24.8. The largest absolute Gasteiger partial charge is 0.345 e. The number of hydrogen-bond acceptors (Lipinski definition) is 6. The number of sulfonamides is 1. The first-order valence-corrected chi connectivity index (χ1v) is 14.0. The van der Waals surface area contributed by atoms with Crippen molar-refractivity contribution in [2.45, 2.75) is 44.0 Å². The predicted octanol–water partition coefficient (Wildman–Crippen LogP) is 3.25. The Kier molecular flexibility index (Phi) is 7.42. The van der Waals surface area contributed by atoms with Gasteiger partial charge in [0.05, 0.1) is 10.5 Å². The van der Waals surface area contributed by atoms with E-state index < -0.39 is 10.0 Å². The molecule has 0 aliphatic carbocycles. The van der Waals surface area contributed by atoms with Gasteiger partial charge in [0, 0.05) is 50.7 Å². The number of carbonyl (C=O) groups excluding carboxylic acids is 2. The highest BCUT2D eigenvalue weighted by Crippen LogP contribution is 2.38. The van der Waals surface area contributed by atoms with Crippen LogP contribution in [0, 0.1) is 0 Å². The number of rotatable bonds is 6. The Hall–Kier alpha value is -2.27. The molecule has 8 nitrogen and oxygen atoms in total. The van der Waals surface area contributed by atoms with Gasteiger partial charge in [-0.05, 0) is 55.6 Å². The molecule has 3 heterocycles. The van der Waals surface area contributed by atoms with Crippen molar-refractivity contribution in [3.8, 4) is 0 Å². The second kappa shape index (κ2) is 10.2. The Bertz CT molecular complexity index is 1170. The molecule has 4 rings (SSSR count). The molecule has 2 aromatic rings. The fraction of sp³-hybridized carbons (Fsp3) is 0.500. The molecule has 1 fully saturated rings. The van der Waals surface area contributed by atoms with Crippen molar-refractivity contribution in [1.29, 1.82) is 0 Å².